The maximum atomic E-state index is 8.43. The monoisotopic (exact) mass is 349 g/mol. The van der Waals surface area contributed by atoms with Gasteiger partial charge in [-0.25, -0.2) is 0 Å². The van der Waals surface area contributed by atoms with Crippen LogP contribution in [0.5, 0.6) is 17.2 Å². The Morgan fingerprint density at radius 3 is 2.60 bits per heavy atom. The predicted octanol–water partition coefficient (Wildman–Crippen LogP) is 4.83. The SMILES string of the molecule is N#CSCCOc1ccc(Oc2ccccc2)cc1Br. The standard InChI is InChI=1S/C15H12BrNO2S/c16-14-10-13(19-12-4-2-1-3-5-12)6-7-15(14)18-8-9-20-11-17/h1-7,10H,8-9H2. The zero-order valence-electron chi connectivity index (χ0n) is 10.6. The first kappa shape index (κ1) is 14.8. The van der Waals surface area contributed by atoms with Crippen LogP contribution in [0, 0.1) is 10.7 Å². The Balaban J connectivity index is 1.97. The van der Waals surface area contributed by atoms with Gasteiger partial charge in [0.25, 0.3) is 0 Å². The number of halogens is 1. The van der Waals surface area contributed by atoms with Gasteiger partial charge < -0.3 is 9.47 Å². The van der Waals surface area contributed by atoms with Crippen LogP contribution in [0.25, 0.3) is 0 Å². The molecule has 2 rings (SSSR count). The van der Waals surface area contributed by atoms with Gasteiger partial charge in [-0.2, -0.15) is 5.26 Å². The van der Waals surface area contributed by atoms with Gasteiger partial charge in [-0.1, -0.05) is 18.2 Å². The van der Waals surface area contributed by atoms with E-state index in [0.717, 1.165) is 21.7 Å². The molecule has 0 unspecified atom stereocenters. The van der Waals surface area contributed by atoms with E-state index in [-0.39, 0.29) is 0 Å². The number of hydrogen-bond acceptors (Lipinski definition) is 4. The second-order valence-electron chi connectivity index (χ2n) is 3.80. The van der Waals surface area contributed by atoms with Crippen LogP contribution in [0.4, 0.5) is 0 Å². The topological polar surface area (TPSA) is 42.2 Å². The molecule has 0 radical (unpaired) electrons. The van der Waals surface area contributed by atoms with E-state index in [0.29, 0.717) is 12.4 Å². The normalized spacial score (nSPS) is 9.80. The Morgan fingerprint density at radius 1 is 1.10 bits per heavy atom. The van der Waals surface area contributed by atoms with Gasteiger partial charge in [0.05, 0.1) is 11.1 Å². The van der Waals surface area contributed by atoms with Crippen molar-refractivity contribution in [3.8, 4) is 22.6 Å². The fourth-order valence-corrected chi connectivity index (χ4v) is 2.26. The van der Waals surface area contributed by atoms with Crippen molar-refractivity contribution in [2.45, 2.75) is 0 Å². The van der Waals surface area contributed by atoms with E-state index in [1.54, 1.807) is 0 Å². The lowest BCUT2D eigenvalue weighted by Crippen LogP contribution is -2.00. The Hall–Kier alpha value is -1.64. The third-order valence-corrected chi connectivity index (χ3v) is 3.51. The zero-order valence-corrected chi connectivity index (χ0v) is 13.0. The molecule has 2 aromatic carbocycles. The van der Waals surface area contributed by atoms with Gasteiger partial charge >= 0.3 is 0 Å². The summed E-state index contributed by atoms with van der Waals surface area (Å²) in [6.45, 7) is 0.496. The Kier molecular flexibility index (Phi) is 5.78. The molecule has 0 bridgehead atoms. The van der Waals surface area contributed by atoms with Gasteiger partial charge in [0.2, 0.25) is 0 Å². The van der Waals surface area contributed by atoms with Crippen LogP contribution in [-0.4, -0.2) is 12.4 Å². The quantitative estimate of drug-likeness (QED) is 0.553. The van der Waals surface area contributed by atoms with Gasteiger partial charge in [0.1, 0.15) is 22.6 Å². The fraction of sp³-hybridized carbons (Fsp3) is 0.133. The number of thiocyanates is 1. The van der Waals surface area contributed by atoms with Crippen LogP contribution < -0.4 is 9.47 Å². The first-order valence-corrected chi connectivity index (χ1v) is 7.73. The van der Waals surface area contributed by atoms with Crippen molar-refractivity contribution in [2.75, 3.05) is 12.4 Å². The van der Waals surface area contributed by atoms with Crippen LogP contribution in [-0.2, 0) is 0 Å². The molecule has 0 atom stereocenters. The summed E-state index contributed by atoms with van der Waals surface area (Å²) in [6, 6.07) is 15.2. The zero-order chi connectivity index (χ0) is 14.2. The molecule has 2 aromatic rings. The van der Waals surface area contributed by atoms with Crippen molar-refractivity contribution in [1.29, 1.82) is 5.26 Å². The number of ether oxygens (including phenoxy) is 2. The van der Waals surface area contributed by atoms with E-state index < -0.39 is 0 Å². The lowest BCUT2D eigenvalue weighted by molar-refractivity contribution is 0.341. The van der Waals surface area contributed by atoms with Crippen molar-refractivity contribution in [2.24, 2.45) is 0 Å². The number of para-hydroxylation sites is 1. The minimum atomic E-state index is 0.496. The number of thioether (sulfide) groups is 1. The summed E-state index contributed by atoms with van der Waals surface area (Å²) in [5.74, 6) is 2.91. The molecule has 0 spiro atoms. The maximum absolute atomic E-state index is 8.43. The van der Waals surface area contributed by atoms with Crippen molar-refractivity contribution < 1.29 is 9.47 Å². The average molecular weight is 350 g/mol. The van der Waals surface area contributed by atoms with E-state index in [1.807, 2.05) is 53.9 Å². The fourth-order valence-electron chi connectivity index (χ4n) is 1.53. The number of benzene rings is 2. The summed E-state index contributed by atoms with van der Waals surface area (Å²) in [5, 5.41) is 10.4. The van der Waals surface area contributed by atoms with Gasteiger partial charge in [0, 0.05) is 5.75 Å². The van der Waals surface area contributed by atoms with Gasteiger partial charge in [0.15, 0.2) is 0 Å². The first-order chi connectivity index (χ1) is 9.79. The van der Waals surface area contributed by atoms with Gasteiger partial charge in [-0.05, 0) is 58.0 Å². The van der Waals surface area contributed by atoms with Crippen LogP contribution in [0.1, 0.15) is 0 Å². The molecule has 0 aliphatic carbocycles. The summed E-state index contributed by atoms with van der Waals surface area (Å²) in [4.78, 5) is 0. The van der Waals surface area contributed by atoms with Crippen LogP contribution in [0.3, 0.4) is 0 Å². The van der Waals surface area contributed by atoms with Crippen molar-refractivity contribution in [1.82, 2.24) is 0 Å². The molecule has 5 heteroatoms. The average Bonchev–Trinajstić information content (AvgIpc) is 2.46. The molecule has 20 heavy (non-hydrogen) atoms. The largest absolute Gasteiger partial charge is 0.492 e. The lowest BCUT2D eigenvalue weighted by Gasteiger charge is -2.10. The number of hydrogen-bond donors (Lipinski definition) is 0. The van der Waals surface area contributed by atoms with Crippen molar-refractivity contribution in [3.63, 3.8) is 0 Å². The summed E-state index contributed by atoms with van der Waals surface area (Å²) >= 11 is 4.63. The summed E-state index contributed by atoms with van der Waals surface area (Å²) in [7, 11) is 0. The van der Waals surface area contributed by atoms with E-state index >= 15 is 0 Å². The molecule has 0 saturated carbocycles. The number of rotatable bonds is 6. The summed E-state index contributed by atoms with van der Waals surface area (Å²) in [5.41, 5.74) is 0. The van der Waals surface area contributed by atoms with Crippen LogP contribution in [0.15, 0.2) is 53.0 Å². The van der Waals surface area contributed by atoms with Gasteiger partial charge in [-0.15, -0.1) is 0 Å². The smallest absolute Gasteiger partial charge is 0.133 e. The third kappa shape index (κ3) is 4.48. The van der Waals surface area contributed by atoms with E-state index in [9.17, 15) is 0 Å². The Morgan fingerprint density at radius 2 is 1.90 bits per heavy atom. The minimum absolute atomic E-state index is 0.496. The van der Waals surface area contributed by atoms with Gasteiger partial charge in [-0.3, -0.25) is 0 Å². The molecule has 3 nitrogen and oxygen atoms in total. The summed E-state index contributed by atoms with van der Waals surface area (Å²) < 4.78 is 12.1. The first-order valence-electron chi connectivity index (χ1n) is 5.96. The second kappa shape index (κ2) is 7.83. The van der Waals surface area contributed by atoms with E-state index in [2.05, 4.69) is 15.9 Å². The van der Waals surface area contributed by atoms with Crippen molar-refractivity contribution in [3.05, 3.63) is 53.0 Å². The molecular formula is C15H12BrNO2S. The highest BCUT2D eigenvalue weighted by atomic mass is 79.9. The highest BCUT2D eigenvalue weighted by Crippen LogP contribution is 2.31. The highest BCUT2D eigenvalue weighted by molar-refractivity contribution is 9.10. The third-order valence-electron chi connectivity index (χ3n) is 2.39. The lowest BCUT2D eigenvalue weighted by atomic mass is 10.3. The van der Waals surface area contributed by atoms with Crippen molar-refractivity contribution >= 4 is 27.7 Å². The molecule has 0 heterocycles. The molecule has 0 fully saturated rings. The summed E-state index contributed by atoms with van der Waals surface area (Å²) in [6.07, 6.45) is 0. The molecule has 0 aromatic heterocycles. The molecule has 0 aliphatic rings. The molecule has 102 valence electrons. The second-order valence-corrected chi connectivity index (χ2v) is 5.53. The Labute approximate surface area is 130 Å². The molecule has 0 aliphatic heterocycles. The molecular weight excluding hydrogens is 338 g/mol. The molecule has 0 N–H and O–H groups in total. The van der Waals surface area contributed by atoms with E-state index in [4.69, 9.17) is 14.7 Å². The predicted molar refractivity (Wildman–Crippen MR) is 84.2 cm³/mol. The van der Waals surface area contributed by atoms with Crippen LogP contribution >= 0.6 is 27.7 Å². The minimum Gasteiger partial charge on any atom is -0.492 e. The number of nitriles is 1. The maximum Gasteiger partial charge on any atom is 0.133 e. The molecule has 0 saturated heterocycles. The Bertz CT molecular complexity index is 599. The molecule has 0 amide bonds. The highest BCUT2D eigenvalue weighted by Gasteiger charge is 2.04. The number of nitrogens with zero attached hydrogens (tertiary/aromatic N) is 1. The van der Waals surface area contributed by atoms with E-state index in [1.165, 1.54) is 11.8 Å². The van der Waals surface area contributed by atoms with Crippen LogP contribution in [0.2, 0.25) is 0 Å².